The number of hydrogen-bond donors (Lipinski definition) is 0. The molecule has 0 saturated heterocycles. The third-order valence-corrected chi connectivity index (χ3v) is 5.22. The molecule has 1 amide bonds. The van der Waals surface area contributed by atoms with Crippen molar-refractivity contribution in [2.24, 2.45) is 0 Å². The molecule has 0 N–H and O–H groups in total. The number of amides is 1. The molecule has 31 heavy (non-hydrogen) atoms. The second kappa shape index (κ2) is 9.43. The van der Waals surface area contributed by atoms with Gasteiger partial charge in [-0.15, -0.1) is 0 Å². The molecule has 0 bridgehead atoms. The highest BCUT2D eigenvalue weighted by atomic mass is 19.1. The molecule has 158 valence electrons. The topological polar surface area (TPSA) is 55.8 Å². The van der Waals surface area contributed by atoms with Gasteiger partial charge in [-0.25, -0.2) is 9.18 Å². The summed E-state index contributed by atoms with van der Waals surface area (Å²) in [6.45, 7) is 0.971. The monoisotopic (exact) mass is 419 g/mol. The lowest BCUT2D eigenvalue weighted by atomic mass is 10.00. The Labute approximate surface area is 180 Å². The minimum Gasteiger partial charge on any atom is -0.488 e. The highest BCUT2D eigenvalue weighted by molar-refractivity contribution is 5.94. The summed E-state index contributed by atoms with van der Waals surface area (Å²) in [6.07, 6.45) is 0.788. The Kier molecular flexibility index (Phi) is 6.26. The number of rotatable bonds is 6. The first-order valence-corrected chi connectivity index (χ1v) is 10.1. The van der Waals surface area contributed by atoms with Gasteiger partial charge in [0.15, 0.2) is 6.61 Å². The molecule has 3 aromatic rings. The number of hydrogen-bond acceptors (Lipinski definition) is 4. The van der Waals surface area contributed by atoms with E-state index in [0.717, 1.165) is 17.5 Å². The molecule has 0 aromatic heterocycles. The zero-order chi connectivity index (χ0) is 21.6. The van der Waals surface area contributed by atoms with Gasteiger partial charge >= 0.3 is 5.97 Å². The fraction of sp³-hybridized carbons (Fsp3) is 0.200. The van der Waals surface area contributed by atoms with E-state index in [-0.39, 0.29) is 30.5 Å². The Hall–Kier alpha value is -3.67. The van der Waals surface area contributed by atoms with Gasteiger partial charge < -0.3 is 14.4 Å². The lowest BCUT2D eigenvalue weighted by molar-refractivity contribution is -0.135. The molecule has 1 heterocycles. The van der Waals surface area contributed by atoms with Crippen LogP contribution in [0.15, 0.2) is 72.8 Å². The Morgan fingerprint density at radius 1 is 0.903 bits per heavy atom. The van der Waals surface area contributed by atoms with Gasteiger partial charge in [-0.1, -0.05) is 48.5 Å². The van der Waals surface area contributed by atoms with Gasteiger partial charge in [0.2, 0.25) is 0 Å². The van der Waals surface area contributed by atoms with Crippen molar-refractivity contribution < 1.29 is 23.5 Å². The first-order chi connectivity index (χ1) is 15.1. The SMILES string of the molecule is O=C(OCC(=O)N1CCc2ccccc2C1)c1ccccc1OCc1ccc(F)cc1. The van der Waals surface area contributed by atoms with Gasteiger partial charge in [0, 0.05) is 13.1 Å². The molecule has 0 radical (unpaired) electrons. The fourth-order valence-electron chi connectivity index (χ4n) is 3.51. The number of carbonyl (C=O) groups excluding carboxylic acids is 2. The minimum absolute atomic E-state index is 0.177. The molecule has 5 nitrogen and oxygen atoms in total. The summed E-state index contributed by atoms with van der Waals surface area (Å²) in [5.74, 6) is -0.834. The van der Waals surface area contributed by atoms with Crippen molar-refractivity contribution in [3.05, 3.63) is 101 Å². The van der Waals surface area contributed by atoms with Crippen LogP contribution in [0.1, 0.15) is 27.0 Å². The van der Waals surface area contributed by atoms with Gasteiger partial charge in [-0.05, 0) is 47.4 Å². The van der Waals surface area contributed by atoms with E-state index in [1.165, 1.54) is 17.7 Å². The maximum absolute atomic E-state index is 13.0. The van der Waals surface area contributed by atoms with Crippen LogP contribution in [0, 0.1) is 5.82 Å². The second-order valence-corrected chi connectivity index (χ2v) is 7.32. The van der Waals surface area contributed by atoms with Crippen molar-refractivity contribution in [2.45, 2.75) is 19.6 Å². The number of esters is 1. The molecule has 0 fully saturated rings. The summed E-state index contributed by atoms with van der Waals surface area (Å²) in [6, 6.07) is 20.6. The van der Waals surface area contributed by atoms with Gasteiger partial charge in [0.05, 0.1) is 0 Å². The molecule has 0 atom stereocenters. The van der Waals surface area contributed by atoms with Crippen LogP contribution in [0.5, 0.6) is 5.75 Å². The number of halogens is 1. The molecule has 0 saturated carbocycles. The summed E-state index contributed by atoms with van der Waals surface area (Å²) in [5, 5.41) is 0. The van der Waals surface area contributed by atoms with E-state index in [0.29, 0.717) is 18.8 Å². The van der Waals surface area contributed by atoms with Crippen LogP contribution in [0.25, 0.3) is 0 Å². The van der Waals surface area contributed by atoms with E-state index < -0.39 is 5.97 Å². The quantitative estimate of drug-likeness (QED) is 0.564. The van der Waals surface area contributed by atoms with Gasteiger partial charge in [0.25, 0.3) is 5.91 Å². The van der Waals surface area contributed by atoms with E-state index in [9.17, 15) is 14.0 Å². The van der Waals surface area contributed by atoms with Crippen LogP contribution in [-0.4, -0.2) is 29.9 Å². The normalized spacial score (nSPS) is 12.7. The Bertz CT molecular complexity index is 1080. The van der Waals surface area contributed by atoms with E-state index in [1.807, 2.05) is 18.2 Å². The molecule has 1 aliphatic rings. The molecule has 6 heteroatoms. The first-order valence-electron chi connectivity index (χ1n) is 10.1. The standard InChI is InChI=1S/C25H22FNO4/c26-21-11-9-18(10-12-21)16-30-23-8-4-3-7-22(23)25(29)31-17-24(28)27-14-13-19-5-1-2-6-20(19)15-27/h1-12H,13-17H2. The molecule has 0 spiro atoms. The predicted octanol–water partition coefficient (Wildman–Crippen LogP) is 4.15. The lowest BCUT2D eigenvalue weighted by Gasteiger charge is -2.28. The summed E-state index contributed by atoms with van der Waals surface area (Å²) < 4.78 is 24.1. The molecule has 0 aliphatic carbocycles. The number of fused-ring (bicyclic) bond motifs is 1. The van der Waals surface area contributed by atoms with Crippen molar-refractivity contribution in [1.82, 2.24) is 4.90 Å². The number of ether oxygens (including phenoxy) is 2. The van der Waals surface area contributed by atoms with E-state index >= 15 is 0 Å². The highest BCUT2D eigenvalue weighted by Gasteiger charge is 2.22. The average Bonchev–Trinajstić information content (AvgIpc) is 2.82. The fourth-order valence-corrected chi connectivity index (χ4v) is 3.51. The molecule has 3 aromatic carbocycles. The Morgan fingerprint density at radius 2 is 1.61 bits per heavy atom. The third kappa shape index (κ3) is 5.09. The zero-order valence-corrected chi connectivity index (χ0v) is 16.9. The molecule has 4 rings (SSSR count). The van der Waals surface area contributed by atoms with Crippen LogP contribution in [0.4, 0.5) is 4.39 Å². The predicted molar refractivity (Wildman–Crippen MR) is 113 cm³/mol. The number of carbonyl (C=O) groups is 2. The maximum Gasteiger partial charge on any atom is 0.342 e. The zero-order valence-electron chi connectivity index (χ0n) is 16.9. The van der Waals surface area contributed by atoms with Crippen LogP contribution < -0.4 is 4.74 Å². The van der Waals surface area contributed by atoms with Gasteiger partial charge in [-0.3, -0.25) is 4.79 Å². The maximum atomic E-state index is 13.0. The average molecular weight is 419 g/mol. The van der Waals surface area contributed by atoms with Gasteiger partial charge in [0.1, 0.15) is 23.7 Å². The summed E-state index contributed by atoms with van der Waals surface area (Å²) in [4.78, 5) is 26.8. The second-order valence-electron chi connectivity index (χ2n) is 7.32. The molecule has 0 unspecified atom stereocenters. The van der Waals surface area contributed by atoms with Gasteiger partial charge in [-0.2, -0.15) is 0 Å². The van der Waals surface area contributed by atoms with Crippen molar-refractivity contribution in [2.75, 3.05) is 13.2 Å². The smallest absolute Gasteiger partial charge is 0.342 e. The largest absolute Gasteiger partial charge is 0.488 e. The van der Waals surface area contributed by atoms with Crippen LogP contribution >= 0.6 is 0 Å². The van der Waals surface area contributed by atoms with Crippen molar-refractivity contribution in [3.63, 3.8) is 0 Å². The molecule has 1 aliphatic heterocycles. The first kappa shape index (κ1) is 20.6. The number of nitrogens with zero attached hydrogens (tertiary/aromatic N) is 1. The van der Waals surface area contributed by atoms with E-state index in [1.54, 1.807) is 41.3 Å². The molecular formula is C25H22FNO4. The lowest BCUT2D eigenvalue weighted by Crippen LogP contribution is -2.38. The van der Waals surface area contributed by atoms with Crippen LogP contribution in [0.2, 0.25) is 0 Å². The summed E-state index contributed by atoms with van der Waals surface area (Å²) in [7, 11) is 0. The number of benzene rings is 3. The summed E-state index contributed by atoms with van der Waals surface area (Å²) in [5.41, 5.74) is 3.37. The third-order valence-electron chi connectivity index (χ3n) is 5.22. The Balaban J connectivity index is 1.34. The highest BCUT2D eigenvalue weighted by Crippen LogP contribution is 2.21. The van der Waals surface area contributed by atoms with E-state index in [2.05, 4.69) is 6.07 Å². The van der Waals surface area contributed by atoms with Crippen LogP contribution in [0.3, 0.4) is 0 Å². The van der Waals surface area contributed by atoms with Crippen molar-refractivity contribution in [1.29, 1.82) is 0 Å². The Morgan fingerprint density at radius 3 is 2.42 bits per heavy atom. The van der Waals surface area contributed by atoms with E-state index in [4.69, 9.17) is 9.47 Å². The number of para-hydroxylation sites is 1. The molecular weight excluding hydrogens is 397 g/mol. The summed E-state index contributed by atoms with van der Waals surface area (Å²) >= 11 is 0. The minimum atomic E-state index is -0.625. The van der Waals surface area contributed by atoms with Crippen LogP contribution in [-0.2, 0) is 29.1 Å². The van der Waals surface area contributed by atoms with Crippen molar-refractivity contribution >= 4 is 11.9 Å². The van der Waals surface area contributed by atoms with Crippen molar-refractivity contribution in [3.8, 4) is 5.75 Å².